The number of rotatable bonds is 5. The normalized spacial score (nSPS) is 25.6. The van der Waals surface area contributed by atoms with Crippen LogP contribution in [0.2, 0.25) is 0 Å². The molecule has 3 heterocycles. The minimum absolute atomic E-state index is 0.0799. The lowest BCUT2D eigenvalue weighted by molar-refractivity contribution is -0.0416. The van der Waals surface area contributed by atoms with Crippen LogP contribution in [-0.2, 0) is 4.74 Å². The Morgan fingerprint density at radius 2 is 2.38 bits per heavy atom. The molecule has 116 valence electrons. The zero-order valence-corrected chi connectivity index (χ0v) is 12.3. The van der Waals surface area contributed by atoms with E-state index in [1.807, 2.05) is 6.92 Å². The fourth-order valence-electron chi connectivity index (χ4n) is 2.95. The van der Waals surface area contributed by atoms with Crippen LogP contribution in [0.4, 0.5) is 16.2 Å². The minimum Gasteiger partial charge on any atom is -0.373 e. The van der Waals surface area contributed by atoms with E-state index < -0.39 is 5.82 Å². The summed E-state index contributed by atoms with van der Waals surface area (Å²) in [5, 5.41) is 6.02. The summed E-state index contributed by atoms with van der Waals surface area (Å²) < 4.78 is 19.6. The molecular weight excluding hydrogens is 273 g/mol. The second-order valence-electron chi connectivity index (χ2n) is 5.55. The number of anilines is 2. The van der Waals surface area contributed by atoms with Gasteiger partial charge in [0.05, 0.1) is 18.9 Å². The van der Waals surface area contributed by atoms with Crippen LogP contribution in [-0.4, -0.2) is 59.8 Å². The van der Waals surface area contributed by atoms with Gasteiger partial charge in [0.15, 0.2) is 11.6 Å². The molecule has 0 spiro atoms. The molecule has 2 N–H and O–H groups in total. The molecule has 2 saturated heterocycles. The van der Waals surface area contributed by atoms with E-state index in [1.54, 1.807) is 0 Å². The van der Waals surface area contributed by atoms with Crippen LogP contribution in [0.15, 0.2) is 6.20 Å². The van der Waals surface area contributed by atoms with E-state index in [0.29, 0.717) is 25.1 Å². The van der Waals surface area contributed by atoms with Crippen LogP contribution < -0.4 is 10.6 Å². The average molecular weight is 295 g/mol. The maximum absolute atomic E-state index is 13.7. The molecule has 0 aromatic carbocycles. The fraction of sp³-hybridized carbons (Fsp3) is 0.714. The lowest BCUT2D eigenvalue weighted by Gasteiger charge is -2.35. The molecule has 0 saturated carbocycles. The monoisotopic (exact) mass is 295 g/mol. The van der Waals surface area contributed by atoms with E-state index in [9.17, 15) is 4.39 Å². The first-order valence-electron chi connectivity index (χ1n) is 7.62. The third kappa shape index (κ3) is 3.41. The molecule has 2 aliphatic heterocycles. The van der Waals surface area contributed by atoms with Crippen molar-refractivity contribution in [3.8, 4) is 0 Å². The maximum Gasteiger partial charge on any atom is 0.224 e. The Morgan fingerprint density at radius 1 is 1.48 bits per heavy atom. The fourth-order valence-corrected chi connectivity index (χ4v) is 2.95. The van der Waals surface area contributed by atoms with E-state index in [-0.39, 0.29) is 11.9 Å². The Balaban J connectivity index is 1.56. The Labute approximate surface area is 124 Å². The summed E-state index contributed by atoms with van der Waals surface area (Å²) in [6.45, 7) is 6.04. The van der Waals surface area contributed by atoms with Gasteiger partial charge in [-0.3, -0.25) is 4.90 Å². The highest BCUT2D eigenvalue weighted by Crippen LogP contribution is 2.23. The van der Waals surface area contributed by atoms with Crippen LogP contribution >= 0.6 is 0 Å². The first-order chi connectivity index (χ1) is 10.3. The number of nitrogens with zero attached hydrogens (tertiary/aromatic N) is 3. The van der Waals surface area contributed by atoms with Crippen molar-refractivity contribution >= 4 is 11.8 Å². The lowest BCUT2D eigenvalue weighted by Crippen LogP contribution is -2.48. The predicted molar refractivity (Wildman–Crippen MR) is 79.0 cm³/mol. The SMILES string of the molecule is CCNc1ncc(F)c(NCC2CN3CCCC3CO2)n1. The topological polar surface area (TPSA) is 62.3 Å². The molecule has 21 heavy (non-hydrogen) atoms. The number of halogens is 1. The number of fused-ring (bicyclic) bond motifs is 1. The quantitative estimate of drug-likeness (QED) is 0.854. The number of nitrogens with one attached hydrogen (secondary N) is 2. The molecule has 0 amide bonds. The minimum atomic E-state index is -0.438. The first-order valence-corrected chi connectivity index (χ1v) is 7.62. The third-order valence-corrected chi connectivity index (χ3v) is 4.04. The molecule has 2 unspecified atom stereocenters. The molecule has 1 aromatic rings. The summed E-state index contributed by atoms with van der Waals surface area (Å²) in [6.07, 6.45) is 3.75. The van der Waals surface area contributed by atoms with Gasteiger partial charge in [-0.2, -0.15) is 4.98 Å². The van der Waals surface area contributed by atoms with Crippen molar-refractivity contribution in [3.05, 3.63) is 12.0 Å². The number of hydrogen-bond donors (Lipinski definition) is 2. The predicted octanol–water partition coefficient (Wildman–Crippen LogP) is 1.32. The highest BCUT2D eigenvalue weighted by atomic mass is 19.1. The van der Waals surface area contributed by atoms with E-state index >= 15 is 0 Å². The second-order valence-corrected chi connectivity index (χ2v) is 5.55. The smallest absolute Gasteiger partial charge is 0.224 e. The summed E-state index contributed by atoms with van der Waals surface area (Å²) in [5.41, 5.74) is 0. The summed E-state index contributed by atoms with van der Waals surface area (Å²) >= 11 is 0. The number of aromatic nitrogens is 2. The zero-order valence-electron chi connectivity index (χ0n) is 12.3. The van der Waals surface area contributed by atoms with Crippen LogP contribution in [0.3, 0.4) is 0 Å². The van der Waals surface area contributed by atoms with E-state index in [4.69, 9.17) is 4.74 Å². The van der Waals surface area contributed by atoms with Gasteiger partial charge in [0.25, 0.3) is 0 Å². The highest BCUT2D eigenvalue weighted by Gasteiger charge is 2.32. The Bertz CT molecular complexity index is 486. The largest absolute Gasteiger partial charge is 0.373 e. The van der Waals surface area contributed by atoms with Gasteiger partial charge in [0.2, 0.25) is 5.95 Å². The summed E-state index contributed by atoms with van der Waals surface area (Å²) in [6, 6.07) is 0.581. The number of morpholine rings is 1. The molecule has 2 aliphatic rings. The van der Waals surface area contributed by atoms with Gasteiger partial charge in [-0.05, 0) is 26.3 Å². The summed E-state index contributed by atoms with van der Waals surface area (Å²) in [7, 11) is 0. The van der Waals surface area contributed by atoms with Crippen LogP contribution in [0.25, 0.3) is 0 Å². The van der Waals surface area contributed by atoms with Crippen LogP contribution in [0.5, 0.6) is 0 Å². The molecule has 0 aliphatic carbocycles. The van der Waals surface area contributed by atoms with Crippen molar-refractivity contribution in [2.75, 3.05) is 43.4 Å². The Kier molecular flexibility index (Phi) is 4.50. The van der Waals surface area contributed by atoms with Gasteiger partial charge in [0, 0.05) is 25.7 Å². The van der Waals surface area contributed by atoms with E-state index in [1.165, 1.54) is 19.0 Å². The number of hydrogen-bond acceptors (Lipinski definition) is 6. The number of ether oxygens (including phenoxy) is 1. The molecule has 6 nitrogen and oxygen atoms in total. The van der Waals surface area contributed by atoms with E-state index in [2.05, 4.69) is 25.5 Å². The molecular formula is C14H22FN5O. The molecule has 2 fully saturated rings. The maximum atomic E-state index is 13.7. The van der Waals surface area contributed by atoms with Gasteiger partial charge in [-0.15, -0.1) is 0 Å². The zero-order chi connectivity index (χ0) is 14.7. The van der Waals surface area contributed by atoms with Crippen molar-refractivity contribution < 1.29 is 9.13 Å². The lowest BCUT2D eigenvalue weighted by atomic mass is 10.2. The van der Waals surface area contributed by atoms with Crippen molar-refractivity contribution in [3.63, 3.8) is 0 Å². The van der Waals surface area contributed by atoms with Gasteiger partial charge >= 0.3 is 0 Å². The van der Waals surface area contributed by atoms with E-state index in [0.717, 1.165) is 19.7 Å². The van der Waals surface area contributed by atoms with Gasteiger partial charge in [-0.25, -0.2) is 9.37 Å². The van der Waals surface area contributed by atoms with Gasteiger partial charge in [-0.1, -0.05) is 0 Å². The van der Waals surface area contributed by atoms with Crippen molar-refractivity contribution in [1.29, 1.82) is 0 Å². The van der Waals surface area contributed by atoms with Crippen molar-refractivity contribution in [2.45, 2.75) is 31.9 Å². The van der Waals surface area contributed by atoms with Gasteiger partial charge < -0.3 is 15.4 Å². The molecule has 7 heteroatoms. The summed E-state index contributed by atoms with van der Waals surface area (Å²) in [5.74, 6) is 0.227. The molecule has 3 rings (SSSR count). The standard InChI is InChI=1S/C14H22FN5O/c1-2-16-14-18-7-12(15)13(19-14)17-6-11-8-20-5-3-4-10(20)9-21-11/h7,10-11H,2-6,8-9H2,1H3,(H2,16,17,18,19). The molecule has 0 radical (unpaired) electrons. The average Bonchev–Trinajstić information content (AvgIpc) is 2.95. The third-order valence-electron chi connectivity index (χ3n) is 4.04. The van der Waals surface area contributed by atoms with Crippen molar-refractivity contribution in [2.24, 2.45) is 0 Å². The highest BCUT2D eigenvalue weighted by molar-refractivity contribution is 5.41. The molecule has 2 atom stereocenters. The Hall–Kier alpha value is -1.47. The molecule has 1 aromatic heterocycles. The summed E-state index contributed by atoms with van der Waals surface area (Å²) in [4.78, 5) is 10.5. The Morgan fingerprint density at radius 3 is 3.24 bits per heavy atom. The van der Waals surface area contributed by atoms with Crippen molar-refractivity contribution in [1.82, 2.24) is 14.9 Å². The second kappa shape index (κ2) is 6.53. The first kappa shape index (κ1) is 14.5. The van der Waals surface area contributed by atoms with Crippen LogP contribution in [0, 0.1) is 5.82 Å². The van der Waals surface area contributed by atoms with Crippen LogP contribution in [0.1, 0.15) is 19.8 Å². The van der Waals surface area contributed by atoms with Gasteiger partial charge in [0.1, 0.15) is 0 Å². The molecule has 0 bridgehead atoms.